The van der Waals surface area contributed by atoms with Crippen LogP contribution in [0.25, 0.3) is 12.2 Å². The first-order valence-corrected chi connectivity index (χ1v) is 11.2. The first-order chi connectivity index (χ1) is 15.7. The Bertz CT molecular complexity index is 1400. The first kappa shape index (κ1) is 22.5. The smallest absolute Gasteiger partial charge is 0.272 e. The Hall–Kier alpha value is -3.68. The number of anilines is 1. The number of nitrogens with zero attached hydrogens (tertiary/aromatic N) is 1. The Morgan fingerprint density at radius 3 is 2.39 bits per heavy atom. The van der Waals surface area contributed by atoms with Crippen LogP contribution >= 0.6 is 0 Å². The van der Waals surface area contributed by atoms with Gasteiger partial charge in [-0.15, -0.1) is 0 Å². The molecule has 2 heterocycles. The maximum atomic E-state index is 12.7. The zero-order chi connectivity index (χ0) is 23.6. The second-order valence-corrected chi connectivity index (χ2v) is 9.53. The van der Waals surface area contributed by atoms with Gasteiger partial charge in [0.1, 0.15) is 10.7 Å². The number of carbonyl (C=O) groups is 1. The van der Waals surface area contributed by atoms with Gasteiger partial charge in [0.05, 0.1) is 12.0 Å². The third kappa shape index (κ3) is 5.22. The fourth-order valence-electron chi connectivity index (χ4n) is 4.15. The van der Waals surface area contributed by atoms with Gasteiger partial charge in [-0.25, -0.2) is 4.98 Å². The van der Waals surface area contributed by atoms with Gasteiger partial charge in [0, 0.05) is 22.7 Å². The van der Waals surface area contributed by atoms with Crippen molar-refractivity contribution in [2.75, 3.05) is 5.32 Å². The number of imidazole rings is 1. The predicted molar refractivity (Wildman–Crippen MR) is 128 cm³/mol. The van der Waals surface area contributed by atoms with E-state index in [1.165, 1.54) is 0 Å². The van der Waals surface area contributed by atoms with E-state index < -0.39 is 11.1 Å². The first-order valence-electron chi connectivity index (χ1n) is 11.2. The molecular weight excluding hydrogens is 418 g/mol. The van der Waals surface area contributed by atoms with E-state index in [2.05, 4.69) is 25.3 Å². The number of aromatic nitrogens is 4. The van der Waals surface area contributed by atoms with Crippen molar-refractivity contribution in [1.29, 1.82) is 0 Å². The number of aromatic amines is 3. The maximum Gasteiger partial charge on any atom is 0.272 e. The molecule has 1 amide bonds. The van der Waals surface area contributed by atoms with Crippen molar-refractivity contribution >= 4 is 23.7 Å². The topological polar surface area (TPSA) is 123 Å². The average molecular weight is 448 g/mol. The highest BCUT2D eigenvalue weighted by Crippen LogP contribution is 2.26. The van der Waals surface area contributed by atoms with Gasteiger partial charge in [-0.1, -0.05) is 45.7 Å². The third-order valence-electron chi connectivity index (χ3n) is 5.88. The normalized spacial score (nSPS) is 15.8. The van der Waals surface area contributed by atoms with Crippen molar-refractivity contribution in [3.63, 3.8) is 0 Å². The highest BCUT2D eigenvalue weighted by atomic mass is 16.2. The van der Waals surface area contributed by atoms with E-state index in [1.54, 1.807) is 30.6 Å². The predicted octanol–water partition coefficient (Wildman–Crippen LogP) is 1.87. The molecule has 1 aliphatic carbocycles. The molecule has 172 valence electrons. The molecule has 3 aromatic rings. The number of hydrogen-bond acceptors (Lipinski definition) is 4. The number of hydrogen-bond donors (Lipinski definition) is 4. The monoisotopic (exact) mass is 447 g/mol. The summed E-state index contributed by atoms with van der Waals surface area (Å²) in [5, 5.41) is 3.22. The van der Waals surface area contributed by atoms with E-state index in [0.717, 1.165) is 31.4 Å². The molecule has 0 saturated heterocycles. The summed E-state index contributed by atoms with van der Waals surface area (Å²) >= 11 is 0. The van der Waals surface area contributed by atoms with Crippen molar-refractivity contribution in [1.82, 2.24) is 19.9 Å². The van der Waals surface area contributed by atoms with Gasteiger partial charge in [-0.3, -0.25) is 14.4 Å². The molecule has 0 unspecified atom stereocenters. The molecule has 0 bridgehead atoms. The maximum absolute atomic E-state index is 12.7. The van der Waals surface area contributed by atoms with E-state index in [-0.39, 0.29) is 27.9 Å². The van der Waals surface area contributed by atoms with Gasteiger partial charge in [0.2, 0.25) is 5.91 Å². The molecule has 4 N–H and O–H groups in total. The number of carbonyl (C=O) groups excluding carboxylic acids is 1. The molecule has 1 saturated carbocycles. The summed E-state index contributed by atoms with van der Waals surface area (Å²) < 4.78 is 0. The van der Waals surface area contributed by atoms with E-state index in [0.29, 0.717) is 16.9 Å². The van der Waals surface area contributed by atoms with Gasteiger partial charge in [0.15, 0.2) is 0 Å². The molecule has 2 aromatic heterocycles. The van der Waals surface area contributed by atoms with Crippen LogP contribution < -0.4 is 27.1 Å². The Morgan fingerprint density at radius 1 is 1.06 bits per heavy atom. The van der Waals surface area contributed by atoms with Crippen LogP contribution in [0.3, 0.4) is 0 Å². The van der Waals surface area contributed by atoms with Gasteiger partial charge in [-0.2, -0.15) is 0 Å². The lowest BCUT2D eigenvalue weighted by Gasteiger charge is -2.16. The van der Waals surface area contributed by atoms with Crippen LogP contribution in [0.5, 0.6) is 0 Å². The lowest BCUT2D eigenvalue weighted by Crippen LogP contribution is -2.46. The van der Waals surface area contributed by atoms with Crippen molar-refractivity contribution in [3.05, 3.63) is 78.9 Å². The fourth-order valence-corrected chi connectivity index (χ4v) is 4.15. The molecule has 1 fully saturated rings. The zero-order valence-corrected chi connectivity index (χ0v) is 19.1. The van der Waals surface area contributed by atoms with Crippen molar-refractivity contribution < 1.29 is 4.79 Å². The van der Waals surface area contributed by atoms with Crippen LogP contribution in [0, 0.1) is 5.92 Å². The molecular formula is C25H29N5O3. The molecule has 1 aromatic carbocycles. The van der Waals surface area contributed by atoms with Crippen LogP contribution in [0.4, 0.5) is 5.69 Å². The van der Waals surface area contributed by atoms with Crippen LogP contribution in [0.1, 0.15) is 63.4 Å². The summed E-state index contributed by atoms with van der Waals surface area (Å²) in [7, 11) is 0. The van der Waals surface area contributed by atoms with Crippen molar-refractivity contribution in [3.8, 4) is 0 Å². The minimum absolute atomic E-state index is 0.0313. The summed E-state index contributed by atoms with van der Waals surface area (Å²) in [6.45, 7) is 6.10. The highest BCUT2D eigenvalue weighted by molar-refractivity contribution is 5.92. The van der Waals surface area contributed by atoms with Crippen LogP contribution in [-0.4, -0.2) is 25.8 Å². The SMILES string of the molecule is CC(C)(C)c1[nH]cnc1/C=c1\[nH]c(=O)/c(=C/c2cccc(NC(=O)C3CCCC3)c2)[nH]c1=O. The fraction of sp³-hybridized carbons (Fsp3) is 0.360. The molecule has 0 atom stereocenters. The van der Waals surface area contributed by atoms with Crippen molar-refractivity contribution in [2.24, 2.45) is 5.92 Å². The minimum atomic E-state index is -0.422. The van der Waals surface area contributed by atoms with Crippen LogP contribution in [-0.2, 0) is 10.2 Å². The minimum Gasteiger partial charge on any atom is -0.348 e. The Balaban J connectivity index is 1.65. The molecule has 33 heavy (non-hydrogen) atoms. The Kier molecular flexibility index (Phi) is 6.18. The zero-order valence-electron chi connectivity index (χ0n) is 19.1. The number of amides is 1. The standard InChI is InChI=1S/C25H29N5O3/c1-25(2,3)21-18(26-14-27-21)13-20-24(33)29-19(23(32)30-20)12-15-7-6-10-17(11-15)28-22(31)16-8-4-5-9-16/h6-7,10-14,16H,4-5,8-9H2,1-3H3,(H,26,27)(H,28,31)(H,29,33)(H,30,32)/b19-12-,20-13-. The van der Waals surface area contributed by atoms with Gasteiger partial charge in [-0.05, 0) is 42.7 Å². The van der Waals surface area contributed by atoms with Crippen molar-refractivity contribution in [2.45, 2.75) is 51.9 Å². The van der Waals surface area contributed by atoms with E-state index in [9.17, 15) is 14.4 Å². The molecule has 8 nitrogen and oxygen atoms in total. The largest absolute Gasteiger partial charge is 0.348 e. The lowest BCUT2D eigenvalue weighted by atomic mass is 9.90. The second-order valence-electron chi connectivity index (χ2n) is 9.53. The van der Waals surface area contributed by atoms with Gasteiger partial charge in [0.25, 0.3) is 11.1 Å². The molecule has 0 spiro atoms. The Labute approximate surface area is 190 Å². The van der Waals surface area contributed by atoms with E-state index in [4.69, 9.17) is 0 Å². The summed E-state index contributed by atoms with van der Waals surface area (Å²) in [5.74, 6) is 0.0951. The summed E-state index contributed by atoms with van der Waals surface area (Å²) in [4.78, 5) is 50.4. The number of rotatable bonds is 4. The molecule has 0 aliphatic heterocycles. The Morgan fingerprint density at radius 2 is 1.73 bits per heavy atom. The summed E-state index contributed by atoms with van der Waals surface area (Å²) in [6, 6.07) is 7.20. The third-order valence-corrected chi connectivity index (χ3v) is 5.88. The second kappa shape index (κ2) is 9.05. The molecule has 0 radical (unpaired) electrons. The lowest BCUT2D eigenvalue weighted by molar-refractivity contribution is -0.119. The number of nitrogens with one attached hydrogen (secondary N) is 4. The summed E-state index contributed by atoms with van der Waals surface area (Å²) in [6.07, 6.45) is 8.75. The average Bonchev–Trinajstić information content (AvgIpc) is 3.44. The molecule has 8 heteroatoms. The molecule has 4 rings (SSSR count). The number of benzene rings is 1. The quantitative estimate of drug-likeness (QED) is 0.487. The molecule has 1 aliphatic rings. The highest BCUT2D eigenvalue weighted by Gasteiger charge is 2.22. The van der Waals surface area contributed by atoms with Crippen LogP contribution in [0.15, 0.2) is 40.2 Å². The summed E-state index contributed by atoms with van der Waals surface area (Å²) in [5.41, 5.74) is 1.79. The van der Waals surface area contributed by atoms with E-state index >= 15 is 0 Å². The van der Waals surface area contributed by atoms with Gasteiger partial charge >= 0.3 is 0 Å². The van der Waals surface area contributed by atoms with E-state index in [1.807, 2.05) is 32.9 Å². The van der Waals surface area contributed by atoms with Gasteiger partial charge < -0.3 is 20.3 Å². The number of H-pyrrole nitrogens is 3. The van der Waals surface area contributed by atoms with Crippen LogP contribution in [0.2, 0.25) is 0 Å².